The molecule has 0 bridgehead atoms. The number of carbonyl (C=O) groups is 2. The lowest BCUT2D eigenvalue weighted by atomic mass is 10.1. The van der Waals surface area contributed by atoms with Crippen LogP contribution in [-0.4, -0.2) is 41.5 Å². The van der Waals surface area contributed by atoms with Crippen molar-refractivity contribution in [3.8, 4) is 0 Å². The molecule has 1 atom stereocenters. The van der Waals surface area contributed by atoms with Crippen molar-refractivity contribution in [2.45, 2.75) is 19.4 Å². The van der Waals surface area contributed by atoms with Gasteiger partial charge in [0.1, 0.15) is 6.04 Å². The van der Waals surface area contributed by atoms with Crippen LogP contribution in [-0.2, 0) is 4.79 Å². The van der Waals surface area contributed by atoms with E-state index in [1.807, 2.05) is 6.92 Å². The molecule has 1 amide bonds. The summed E-state index contributed by atoms with van der Waals surface area (Å²) in [5, 5.41) is 12.1. The second kappa shape index (κ2) is 4.68. The van der Waals surface area contributed by atoms with Crippen LogP contribution in [0.2, 0.25) is 0 Å². The molecule has 1 aliphatic heterocycles. The Labute approximate surface area is 105 Å². The zero-order valence-corrected chi connectivity index (χ0v) is 10.4. The molecule has 0 saturated carbocycles. The summed E-state index contributed by atoms with van der Waals surface area (Å²) < 4.78 is 0. The van der Waals surface area contributed by atoms with E-state index < -0.39 is 5.97 Å². The Balaban J connectivity index is 2.15. The Bertz CT molecular complexity index is 499. The second-order valence-corrected chi connectivity index (χ2v) is 4.58. The van der Waals surface area contributed by atoms with Crippen LogP contribution in [0.4, 0.5) is 5.69 Å². The monoisotopic (exact) mass is 248 g/mol. The second-order valence-electron chi connectivity index (χ2n) is 4.58. The zero-order chi connectivity index (χ0) is 13.3. The number of likely N-dealkylation sites (tertiary alicyclic amines) is 1. The molecule has 1 heterocycles. The van der Waals surface area contributed by atoms with E-state index in [4.69, 9.17) is 5.11 Å². The molecule has 1 aliphatic rings. The number of hydrogen-bond donors (Lipinski definition) is 2. The Morgan fingerprint density at radius 2 is 2.22 bits per heavy atom. The van der Waals surface area contributed by atoms with Gasteiger partial charge in [-0.3, -0.25) is 4.79 Å². The molecule has 0 aromatic heterocycles. The highest BCUT2D eigenvalue weighted by atomic mass is 16.4. The van der Waals surface area contributed by atoms with Crippen molar-refractivity contribution < 1.29 is 14.7 Å². The normalized spacial score (nSPS) is 19.1. The number of aryl methyl sites for hydroxylation is 1. The summed E-state index contributed by atoms with van der Waals surface area (Å²) in [6, 6.07) is 4.66. The van der Waals surface area contributed by atoms with E-state index in [0.717, 1.165) is 24.2 Å². The molecule has 2 N–H and O–H groups in total. The molecule has 0 spiro atoms. The highest BCUT2D eigenvalue weighted by Crippen LogP contribution is 2.20. The van der Waals surface area contributed by atoms with Gasteiger partial charge in [0.05, 0.1) is 5.56 Å². The molecule has 5 nitrogen and oxygen atoms in total. The molecule has 5 heteroatoms. The van der Waals surface area contributed by atoms with Gasteiger partial charge in [-0.25, -0.2) is 4.79 Å². The fraction of sp³-hybridized carbons (Fsp3) is 0.385. The van der Waals surface area contributed by atoms with Crippen molar-refractivity contribution in [1.82, 2.24) is 4.90 Å². The van der Waals surface area contributed by atoms with E-state index in [1.165, 1.54) is 0 Å². The third kappa shape index (κ3) is 2.30. The Morgan fingerprint density at radius 3 is 2.72 bits per heavy atom. The van der Waals surface area contributed by atoms with Crippen molar-refractivity contribution in [3.63, 3.8) is 0 Å². The molecule has 18 heavy (non-hydrogen) atoms. The standard InChI is InChI=1S/C13H16N2O3/c1-8-7-9(13(17)18)3-4-10(8)14-11-5-6-15(2)12(11)16/h3-4,7,11,14H,5-6H2,1-2H3,(H,17,18). The van der Waals surface area contributed by atoms with E-state index in [-0.39, 0.29) is 17.5 Å². The third-order valence-corrected chi connectivity index (χ3v) is 3.23. The smallest absolute Gasteiger partial charge is 0.335 e. The van der Waals surface area contributed by atoms with Crippen LogP contribution in [0.5, 0.6) is 0 Å². The van der Waals surface area contributed by atoms with Crippen molar-refractivity contribution in [1.29, 1.82) is 0 Å². The predicted octanol–water partition coefficient (Wildman–Crippen LogP) is 1.34. The predicted molar refractivity (Wildman–Crippen MR) is 67.8 cm³/mol. The Hall–Kier alpha value is -2.04. The van der Waals surface area contributed by atoms with Gasteiger partial charge in [0.25, 0.3) is 0 Å². The SMILES string of the molecule is Cc1cc(C(=O)O)ccc1NC1CCN(C)C1=O. The van der Waals surface area contributed by atoms with Crippen LogP contribution in [0, 0.1) is 6.92 Å². The molecule has 1 aromatic rings. The van der Waals surface area contributed by atoms with E-state index in [9.17, 15) is 9.59 Å². The van der Waals surface area contributed by atoms with Gasteiger partial charge in [0, 0.05) is 19.3 Å². The summed E-state index contributed by atoms with van der Waals surface area (Å²) in [6.45, 7) is 2.58. The van der Waals surface area contributed by atoms with Gasteiger partial charge in [0.15, 0.2) is 0 Å². The van der Waals surface area contributed by atoms with E-state index in [2.05, 4.69) is 5.32 Å². The van der Waals surface area contributed by atoms with Crippen molar-refractivity contribution in [2.75, 3.05) is 18.9 Å². The number of likely N-dealkylation sites (N-methyl/N-ethyl adjacent to an activating group) is 1. The first-order chi connectivity index (χ1) is 8.49. The third-order valence-electron chi connectivity index (χ3n) is 3.23. The molecule has 96 valence electrons. The summed E-state index contributed by atoms with van der Waals surface area (Å²) in [5.74, 6) is -0.863. The number of nitrogens with zero attached hydrogens (tertiary/aromatic N) is 1. The van der Waals surface area contributed by atoms with Crippen LogP contribution < -0.4 is 5.32 Å². The van der Waals surface area contributed by atoms with Crippen molar-refractivity contribution >= 4 is 17.6 Å². The average molecular weight is 248 g/mol. The number of amides is 1. The molecular weight excluding hydrogens is 232 g/mol. The van der Waals surface area contributed by atoms with Gasteiger partial charge >= 0.3 is 5.97 Å². The van der Waals surface area contributed by atoms with Crippen LogP contribution in [0.3, 0.4) is 0 Å². The number of aromatic carboxylic acids is 1. The van der Waals surface area contributed by atoms with Gasteiger partial charge < -0.3 is 15.3 Å². The highest BCUT2D eigenvalue weighted by Gasteiger charge is 2.28. The Morgan fingerprint density at radius 1 is 1.50 bits per heavy atom. The lowest BCUT2D eigenvalue weighted by Crippen LogP contribution is -2.31. The maximum absolute atomic E-state index is 11.8. The maximum Gasteiger partial charge on any atom is 0.335 e. The number of benzene rings is 1. The molecule has 2 rings (SSSR count). The number of carbonyl (C=O) groups excluding carboxylic acids is 1. The first-order valence-electron chi connectivity index (χ1n) is 5.84. The molecule has 1 unspecified atom stereocenters. The summed E-state index contributed by atoms with van der Waals surface area (Å²) >= 11 is 0. The fourth-order valence-corrected chi connectivity index (χ4v) is 2.10. The maximum atomic E-state index is 11.8. The first-order valence-corrected chi connectivity index (χ1v) is 5.84. The van der Waals surface area contributed by atoms with Crippen LogP contribution in [0.25, 0.3) is 0 Å². The van der Waals surface area contributed by atoms with Crippen LogP contribution >= 0.6 is 0 Å². The van der Waals surface area contributed by atoms with Crippen molar-refractivity contribution in [2.24, 2.45) is 0 Å². The minimum atomic E-state index is -0.943. The number of hydrogen-bond acceptors (Lipinski definition) is 3. The minimum absolute atomic E-state index is 0.0803. The number of carboxylic acid groups (broad SMARTS) is 1. The number of rotatable bonds is 3. The Kier molecular flexibility index (Phi) is 3.23. The molecule has 1 fully saturated rings. The minimum Gasteiger partial charge on any atom is -0.478 e. The van der Waals surface area contributed by atoms with Crippen LogP contribution in [0.1, 0.15) is 22.3 Å². The quantitative estimate of drug-likeness (QED) is 0.846. The number of nitrogens with one attached hydrogen (secondary N) is 1. The largest absolute Gasteiger partial charge is 0.478 e. The van der Waals surface area contributed by atoms with Gasteiger partial charge in [-0.15, -0.1) is 0 Å². The topological polar surface area (TPSA) is 69.6 Å². The highest BCUT2D eigenvalue weighted by molar-refractivity contribution is 5.89. The summed E-state index contributed by atoms with van der Waals surface area (Å²) in [5.41, 5.74) is 1.90. The van der Waals surface area contributed by atoms with Crippen LogP contribution in [0.15, 0.2) is 18.2 Å². The molecule has 0 aliphatic carbocycles. The molecular formula is C13H16N2O3. The average Bonchev–Trinajstić information content (AvgIpc) is 2.63. The zero-order valence-electron chi connectivity index (χ0n) is 10.4. The summed E-state index contributed by atoms with van der Waals surface area (Å²) in [4.78, 5) is 24.3. The molecule has 0 radical (unpaired) electrons. The fourth-order valence-electron chi connectivity index (χ4n) is 2.10. The number of carboxylic acids is 1. The van der Waals surface area contributed by atoms with Gasteiger partial charge in [-0.1, -0.05) is 0 Å². The van der Waals surface area contributed by atoms with E-state index >= 15 is 0 Å². The lowest BCUT2D eigenvalue weighted by Gasteiger charge is -2.15. The van der Waals surface area contributed by atoms with E-state index in [0.29, 0.717) is 0 Å². The summed E-state index contributed by atoms with van der Waals surface area (Å²) in [6.07, 6.45) is 0.773. The molecule has 1 aromatic carbocycles. The first kappa shape index (κ1) is 12.4. The summed E-state index contributed by atoms with van der Waals surface area (Å²) in [7, 11) is 1.78. The lowest BCUT2D eigenvalue weighted by molar-refractivity contribution is -0.127. The van der Waals surface area contributed by atoms with Crippen molar-refractivity contribution in [3.05, 3.63) is 29.3 Å². The van der Waals surface area contributed by atoms with Gasteiger partial charge in [0.2, 0.25) is 5.91 Å². The van der Waals surface area contributed by atoms with Gasteiger partial charge in [-0.05, 0) is 37.1 Å². The van der Waals surface area contributed by atoms with E-state index in [1.54, 1.807) is 30.1 Å². The number of anilines is 1. The molecule has 1 saturated heterocycles. The van der Waals surface area contributed by atoms with Gasteiger partial charge in [-0.2, -0.15) is 0 Å².